The molecule has 152 valence electrons. The highest BCUT2D eigenvalue weighted by Gasteiger charge is 2.19. The van der Waals surface area contributed by atoms with Gasteiger partial charge in [0.25, 0.3) is 5.22 Å². The number of likely N-dealkylation sites (N-methyl/N-ethyl adjacent to an activating group) is 1. The Balaban J connectivity index is 1.54. The predicted octanol–water partition coefficient (Wildman–Crippen LogP) is 2.45. The number of nitrogens with zero attached hydrogens (tertiary/aromatic N) is 2. The zero-order chi connectivity index (χ0) is 20.8. The summed E-state index contributed by atoms with van der Waals surface area (Å²) in [5.74, 6) is 0.655. The summed E-state index contributed by atoms with van der Waals surface area (Å²) in [6.45, 7) is 4.64. The highest BCUT2D eigenvalue weighted by atomic mass is 32.2. The van der Waals surface area contributed by atoms with Crippen molar-refractivity contribution in [2.45, 2.75) is 25.1 Å². The molecule has 29 heavy (non-hydrogen) atoms. The van der Waals surface area contributed by atoms with Gasteiger partial charge >= 0.3 is 0 Å². The molecule has 0 aliphatic carbocycles. The molecular formula is C22H27N4O2S+. The van der Waals surface area contributed by atoms with Crippen molar-refractivity contribution in [3.8, 4) is 11.5 Å². The highest BCUT2D eigenvalue weighted by molar-refractivity contribution is 7.99. The summed E-state index contributed by atoms with van der Waals surface area (Å²) in [7, 11) is 4.18. The zero-order valence-corrected chi connectivity index (χ0v) is 18.0. The lowest BCUT2D eigenvalue weighted by atomic mass is 10.1. The molecule has 3 rings (SSSR count). The molecule has 2 aromatic carbocycles. The fraction of sp³-hybridized carbons (Fsp3) is 0.318. The van der Waals surface area contributed by atoms with Crippen molar-refractivity contribution in [2.24, 2.45) is 0 Å². The van der Waals surface area contributed by atoms with Gasteiger partial charge in [-0.2, -0.15) is 0 Å². The van der Waals surface area contributed by atoms with E-state index in [9.17, 15) is 4.79 Å². The van der Waals surface area contributed by atoms with Gasteiger partial charge in [0, 0.05) is 11.1 Å². The SMILES string of the molecule is Cc1cc(C)cc(-c2nnc(SCC(=O)NC[C@H](c3ccccc3)[NH+](C)C)o2)c1. The molecule has 0 saturated carbocycles. The lowest BCUT2D eigenvalue weighted by molar-refractivity contribution is -0.890. The molecule has 1 heterocycles. The second-order valence-electron chi connectivity index (χ2n) is 7.38. The first-order chi connectivity index (χ1) is 13.9. The quantitative estimate of drug-likeness (QED) is 0.557. The fourth-order valence-electron chi connectivity index (χ4n) is 3.22. The van der Waals surface area contributed by atoms with Crippen molar-refractivity contribution in [1.29, 1.82) is 0 Å². The number of amides is 1. The summed E-state index contributed by atoms with van der Waals surface area (Å²) < 4.78 is 5.72. The number of hydrogen-bond donors (Lipinski definition) is 2. The summed E-state index contributed by atoms with van der Waals surface area (Å²) >= 11 is 1.25. The molecule has 0 aliphatic rings. The van der Waals surface area contributed by atoms with E-state index in [1.54, 1.807) is 0 Å². The standard InChI is InChI=1S/C22H26N4O2S/c1-15-10-16(2)12-18(11-15)21-24-25-22(28-21)29-14-20(27)23-13-19(26(3)4)17-8-6-5-7-9-17/h5-12,19H,13-14H2,1-4H3,(H,23,27)/p+1/t19-/m1/s1. The minimum atomic E-state index is -0.0525. The maximum absolute atomic E-state index is 12.3. The third-order valence-corrected chi connectivity index (χ3v) is 5.42. The highest BCUT2D eigenvalue weighted by Crippen LogP contribution is 2.24. The van der Waals surface area contributed by atoms with E-state index < -0.39 is 0 Å². The molecule has 1 atom stereocenters. The summed E-state index contributed by atoms with van der Waals surface area (Å²) in [6.07, 6.45) is 0. The Kier molecular flexibility index (Phi) is 7.06. The first kappa shape index (κ1) is 21.1. The average molecular weight is 412 g/mol. The monoisotopic (exact) mass is 411 g/mol. The van der Waals surface area contributed by atoms with Crippen LogP contribution in [0.3, 0.4) is 0 Å². The van der Waals surface area contributed by atoms with Gasteiger partial charge in [-0.15, -0.1) is 10.2 Å². The molecular weight excluding hydrogens is 384 g/mol. The maximum atomic E-state index is 12.3. The van der Waals surface area contributed by atoms with Gasteiger partial charge in [0.1, 0.15) is 6.04 Å². The molecule has 1 amide bonds. The van der Waals surface area contributed by atoms with E-state index >= 15 is 0 Å². The van der Waals surface area contributed by atoms with E-state index in [-0.39, 0.29) is 17.7 Å². The number of aromatic nitrogens is 2. The van der Waals surface area contributed by atoms with Gasteiger partial charge < -0.3 is 14.6 Å². The van der Waals surface area contributed by atoms with E-state index in [0.29, 0.717) is 17.7 Å². The van der Waals surface area contributed by atoms with Crippen LogP contribution in [-0.4, -0.2) is 42.5 Å². The Morgan fingerprint density at radius 3 is 2.45 bits per heavy atom. The van der Waals surface area contributed by atoms with Crippen LogP contribution < -0.4 is 10.2 Å². The van der Waals surface area contributed by atoms with Crippen molar-refractivity contribution in [3.05, 3.63) is 65.2 Å². The Hall–Kier alpha value is -2.64. The maximum Gasteiger partial charge on any atom is 0.277 e. The molecule has 3 aromatic rings. The number of carbonyl (C=O) groups excluding carboxylic acids is 1. The second-order valence-corrected chi connectivity index (χ2v) is 8.31. The van der Waals surface area contributed by atoms with Crippen molar-refractivity contribution < 1.29 is 14.1 Å². The van der Waals surface area contributed by atoms with Crippen LogP contribution in [0.5, 0.6) is 0 Å². The lowest BCUT2D eigenvalue weighted by Crippen LogP contribution is -3.07. The zero-order valence-electron chi connectivity index (χ0n) is 17.2. The predicted molar refractivity (Wildman–Crippen MR) is 115 cm³/mol. The molecule has 7 heteroatoms. The average Bonchev–Trinajstić information content (AvgIpc) is 3.15. The molecule has 0 aliphatic heterocycles. The van der Waals surface area contributed by atoms with Gasteiger partial charge in [-0.25, -0.2) is 0 Å². The first-order valence-electron chi connectivity index (χ1n) is 9.59. The molecule has 0 bridgehead atoms. The van der Waals surface area contributed by atoms with Crippen LogP contribution in [0.15, 0.2) is 58.2 Å². The molecule has 0 radical (unpaired) electrons. The molecule has 2 N–H and O–H groups in total. The molecule has 0 saturated heterocycles. The number of nitrogens with one attached hydrogen (secondary N) is 2. The van der Waals surface area contributed by atoms with Crippen LogP contribution >= 0.6 is 11.8 Å². The topological polar surface area (TPSA) is 72.5 Å². The first-order valence-corrected chi connectivity index (χ1v) is 10.6. The number of quaternary nitrogens is 1. The van der Waals surface area contributed by atoms with E-state index in [2.05, 4.69) is 47.8 Å². The smallest absolute Gasteiger partial charge is 0.277 e. The van der Waals surface area contributed by atoms with Gasteiger partial charge in [-0.3, -0.25) is 4.79 Å². The number of benzene rings is 2. The van der Waals surface area contributed by atoms with Crippen LogP contribution in [0.1, 0.15) is 22.7 Å². The molecule has 0 spiro atoms. The minimum Gasteiger partial charge on any atom is -0.411 e. The Morgan fingerprint density at radius 1 is 1.10 bits per heavy atom. The van der Waals surface area contributed by atoms with E-state index in [1.165, 1.54) is 22.2 Å². The summed E-state index contributed by atoms with van der Waals surface area (Å²) in [6, 6.07) is 16.5. The van der Waals surface area contributed by atoms with Gasteiger partial charge in [0.05, 0.1) is 26.4 Å². The fourth-order valence-corrected chi connectivity index (χ4v) is 3.81. The van der Waals surface area contributed by atoms with Crippen LogP contribution in [0.4, 0.5) is 0 Å². The molecule has 6 nitrogen and oxygen atoms in total. The third-order valence-electron chi connectivity index (χ3n) is 4.60. The number of carbonyl (C=O) groups is 1. The van der Waals surface area contributed by atoms with E-state index in [0.717, 1.165) is 16.7 Å². The van der Waals surface area contributed by atoms with Gasteiger partial charge in [-0.1, -0.05) is 59.3 Å². The minimum absolute atomic E-state index is 0.0525. The van der Waals surface area contributed by atoms with Crippen molar-refractivity contribution in [3.63, 3.8) is 0 Å². The van der Waals surface area contributed by atoms with Crippen LogP contribution in [0, 0.1) is 13.8 Å². The van der Waals surface area contributed by atoms with Crippen LogP contribution in [0.25, 0.3) is 11.5 Å². The van der Waals surface area contributed by atoms with E-state index in [4.69, 9.17) is 4.42 Å². The van der Waals surface area contributed by atoms with Crippen LogP contribution in [0.2, 0.25) is 0 Å². The van der Waals surface area contributed by atoms with Crippen molar-refractivity contribution >= 4 is 17.7 Å². The van der Waals surface area contributed by atoms with Gasteiger partial charge in [0.15, 0.2) is 0 Å². The summed E-state index contributed by atoms with van der Waals surface area (Å²) in [5.41, 5.74) is 4.38. The van der Waals surface area contributed by atoms with Crippen molar-refractivity contribution in [2.75, 3.05) is 26.4 Å². The summed E-state index contributed by atoms with van der Waals surface area (Å²) in [4.78, 5) is 13.6. The number of aryl methyl sites for hydroxylation is 2. The number of thioether (sulfide) groups is 1. The normalized spacial score (nSPS) is 12.2. The van der Waals surface area contributed by atoms with Gasteiger partial charge in [-0.05, 0) is 26.0 Å². The third kappa shape index (κ3) is 5.92. The Morgan fingerprint density at radius 2 is 1.79 bits per heavy atom. The lowest BCUT2D eigenvalue weighted by Gasteiger charge is -2.22. The summed E-state index contributed by atoms with van der Waals surface area (Å²) in [5, 5.41) is 11.6. The molecule has 0 fully saturated rings. The Bertz CT molecular complexity index is 936. The van der Waals surface area contributed by atoms with Crippen LogP contribution in [-0.2, 0) is 4.79 Å². The largest absolute Gasteiger partial charge is 0.411 e. The van der Waals surface area contributed by atoms with E-state index in [1.807, 2.05) is 44.2 Å². The van der Waals surface area contributed by atoms with Crippen molar-refractivity contribution in [1.82, 2.24) is 15.5 Å². The molecule has 0 unspecified atom stereocenters. The Labute approximate surface area is 175 Å². The number of hydrogen-bond acceptors (Lipinski definition) is 5. The van der Waals surface area contributed by atoms with Gasteiger partial charge in [0.2, 0.25) is 11.8 Å². The second kappa shape index (κ2) is 9.71. The molecule has 1 aromatic heterocycles. The number of rotatable bonds is 8.